The van der Waals surface area contributed by atoms with Gasteiger partial charge in [0.05, 0.1) is 19.2 Å². The molecule has 3 N–H and O–H groups in total. The Morgan fingerprint density at radius 2 is 2.29 bits per heavy atom. The number of nitrogens with two attached hydrogens (primary N) is 1. The molecule has 1 heterocycles. The monoisotopic (exact) mass is 240 g/mol. The van der Waals surface area contributed by atoms with Crippen molar-refractivity contribution in [3.63, 3.8) is 0 Å². The van der Waals surface area contributed by atoms with E-state index in [1.807, 2.05) is 0 Å². The van der Waals surface area contributed by atoms with Crippen LogP contribution in [-0.2, 0) is 16.1 Å². The number of furan rings is 1. The maximum Gasteiger partial charge on any atom is 0.341 e. The molecular formula is C11H16N2O4. The zero-order valence-corrected chi connectivity index (χ0v) is 9.69. The molecule has 0 aliphatic carbocycles. The number of rotatable bonds is 7. The van der Waals surface area contributed by atoms with Gasteiger partial charge in [0.2, 0.25) is 5.91 Å². The summed E-state index contributed by atoms with van der Waals surface area (Å²) in [6.07, 6.45) is 2.39. The molecule has 1 rings (SSSR count). The lowest BCUT2D eigenvalue weighted by molar-refractivity contribution is -0.118. The molecule has 0 aliphatic rings. The number of carbonyl (C=O) groups is 2. The van der Waals surface area contributed by atoms with Crippen LogP contribution in [-0.4, -0.2) is 25.5 Å². The summed E-state index contributed by atoms with van der Waals surface area (Å²) in [6.45, 7) is 1.16. The zero-order valence-electron chi connectivity index (χ0n) is 9.69. The molecule has 1 amide bonds. The highest BCUT2D eigenvalue weighted by Gasteiger charge is 2.09. The number of hydrogen-bond donors (Lipinski definition) is 2. The van der Waals surface area contributed by atoms with Gasteiger partial charge in [0.25, 0.3) is 0 Å². The lowest BCUT2D eigenvalue weighted by Crippen LogP contribution is -2.17. The number of methoxy groups -OCH3 is 1. The molecule has 0 saturated carbocycles. The van der Waals surface area contributed by atoms with Crippen molar-refractivity contribution in [3.05, 3.63) is 23.7 Å². The van der Waals surface area contributed by atoms with Gasteiger partial charge in [-0.2, -0.15) is 0 Å². The van der Waals surface area contributed by atoms with Crippen molar-refractivity contribution in [1.82, 2.24) is 5.32 Å². The number of primary amides is 1. The number of esters is 1. The van der Waals surface area contributed by atoms with E-state index in [9.17, 15) is 9.59 Å². The van der Waals surface area contributed by atoms with Crippen LogP contribution >= 0.6 is 0 Å². The summed E-state index contributed by atoms with van der Waals surface area (Å²) in [5.41, 5.74) is 5.39. The van der Waals surface area contributed by atoms with Crippen LogP contribution in [0.3, 0.4) is 0 Å². The minimum Gasteiger partial charge on any atom is -0.467 e. The molecule has 0 atom stereocenters. The number of carbonyl (C=O) groups excluding carboxylic acids is 2. The van der Waals surface area contributed by atoms with Crippen LogP contribution < -0.4 is 11.1 Å². The third kappa shape index (κ3) is 4.69. The van der Waals surface area contributed by atoms with Gasteiger partial charge in [-0.3, -0.25) is 4.79 Å². The Hall–Kier alpha value is -1.82. The summed E-state index contributed by atoms with van der Waals surface area (Å²) in [5, 5.41) is 3.07. The van der Waals surface area contributed by atoms with Gasteiger partial charge in [0, 0.05) is 6.42 Å². The lowest BCUT2D eigenvalue weighted by atomic mass is 10.3. The summed E-state index contributed by atoms with van der Waals surface area (Å²) in [6, 6.07) is 1.62. The van der Waals surface area contributed by atoms with Gasteiger partial charge in [0.1, 0.15) is 12.0 Å². The number of nitrogens with one attached hydrogen (secondary N) is 1. The topological polar surface area (TPSA) is 94.6 Å². The van der Waals surface area contributed by atoms with E-state index >= 15 is 0 Å². The summed E-state index contributed by atoms with van der Waals surface area (Å²) < 4.78 is 9.71. The minimum atomic E-state index is -0.422. The SMILES string of the molecule is COC(=O)c1coc(CNCCCC(N)=O)c1. The van der Waals surface area contributed by atoms with E-state index in [1.165, 1.54) is 13.4 Å². The molecule has 0 unspecified atom stereocenters. The second kappa shape index (κ2) is 6.70. The first-order chi connectivity index (χ1) is 8.13. The summed E-state index contributed by atoms with van der Waals surface area (Å²) in [7, 11) is 1.32. The fraction of sp³-hybridized carbons (Fsp3) is 0.455. The second-order valence-electron chi connectivity index (χ2n) is 3.54. The van der Waals surface area contributed by atoms with Gasteiger partial charge < -0.3 is 20.2 Å². The normalized spacial score (nSPS) is 10.2. The molecule has 0 spiro atoms. The Bertz CT molecular complexity index is 387. The van der Waals surface area contributed by atoms with Crippen LogP contribution in [0.4, 0.5) is 0 Å². The van der Waals surface area contributed by atoms with Gasteiger partial charge in [-0.15, -0.1) is 0 Å². The Kier molecular flexibility index (Phi) is 5.22. The summed E-state index contributed by atoms with van der Waals surface area (Å²) in [4.78, 5) is 21.6. The smallest absolute Gasteiger partial charge is 0.341 e. The van der Waals surface area contributed by atoms with Crippen molar-refractivity contribution in [2.75, 3.05) is 13.7 Å². The van der Waals surface area contributed by atoms with Gasteiger partial charge in [0.15, 0.2) is 0 Å². The summed E-state index contributed by atoms with van der Waals surface area (Å²) in [5.74, 6) is -0.0871. The molecule has 0 saturated heterocycles. The Balaban J connectivity index is 2.25. The molecular weight excluding hydrogens is 224 g/mol. The maximum absolute atomic E-state index is 11.1. The average molecular weight is 240 g/mol. The van der Waals surface area contributed by atoms with Crippen molar-refractivity contribution < 1.29 is 18.7 Å². The molecule has 0 fully saturated rings. The highest BCUT2D eigenvalue weighted by molar-refractivity contribution is 5.88. The first kappa shape index (κ1) is 13.2. The van der Waals surface area contributed by atoms with Gasteiger partial charge in [-0.05, 0) is 19.0 Å². The van der Waals surface area contributed by atoms with Crippen LogP contribution in [0.25, 0.3) is 0 Å². The number of amides is 1. The lowest BCUT2D eigenvalue weighted by Gasteiger charge is -2.00. The molecule has 0 bridgehead atoms. The van der Waals surface area contributed by atoms with E-state index in [-0.39, 0.29) is 5.91 Å². The van der Waals surface area contributed by atoms with Crippen molar-refractivity contribution in [1.29, 1.82) is 0 Å². The third-order valence-corrected chi connectivity index (χ3v) is 2.15. The predicted molar refractivity (Wildman–Crippen MR) is 60.2 cm³/mol. The molecule has 6 nitrogen and oxygen atoms in total. The largest absolute Gasteiger partial charge is 0.467 e. The second-order valence-corrected chi connectivity index (χ2v) is 3.54. The third-order valence-electron chi connectivity index (χ3n) is 2.15. The highest BCUT2D eigenvalue weighted by Crippen LogP contribution is 2.08. The van der Waals surface area contributed by atoms with Crippen molar-refractivity contribution in [3.8, 4) is 0 Å². The van der Waals surface area contributed by atoms with Crippen LogP contribution in [0, 0.1) is 0 Å². The Morgan fingerprint density at radius 1 is 1.53 bits per heavy atom. The quantitative estimate of drug-likeness (QED) is 0.532. The van der Waals surface area contributed by atoms with E-state index < -0.39 is 5.97 Å². The Morgan fingerprint density at radius 3 is 2.94 bits per heavy atom. The molecule has 1 aromatic rings. The number of ether oxygens (including phenoxy) is 1. The van der Waals surface area contributed by atoms with Crippen molar-refractivity contribution >= 4 is 11.9 Å². The highest BCUT2D eigenvalue weighted by atomic mass is 16.5. The van der Waals surface area contributed by atoms with E-state index in [0.29, 0.717) is 37.3 Å². The molecule has 17 heavy (non-hydrogen) atoms. The molecule has 0 aliphatic heterocycles. The van der Waals surface area contributed by atoms with E-state index in [4.69, 9.17) is 10.2 Å². The van der Waals surface area contributed by atoms with E-state index in [1.54, 1.807) is 6.07 Å². The van der Waals surface area contributed by atoms with E-state index in [2.05, 4.69) is 10.1 Å². The first-order valence-corrected chi connectivity index (χ1v) is 5.28. The minimum absolute atomic E-state index is 0.308. The van der Waals surface area contributed by atoms with Crippen LogP contribution in [0.15, 0.2) is 16.7 Å². The first-order valence-electron chi connectivity index (χ1n) is 5.28. The van der Waals surface area contributed by atoms with Crippen LogP contribution in [0.2, 0.25) is 0 Å². The van der Waals surface area contributed by atoms with Crippen LogP contribution in [0.1, 0.15) is 29.0 Å². The van der Waals surface area contributed by atoms with Gasteiger partial charge in [-0.1, -0.05) is 0 Å². The maximum atomic E-state index is 11.1. The van der Waals surface area contributed by atoms with Crippen LogP contribution in [0.5, 0.6) is 0 Å². The molecule has 94 valence electrons. The zero-order chi connectivity index (χ0) is 12.7. The summed E-state index contributed by atoms with van der Waals surface area (Å²) >= 11 is 0. The van der Waals surface area contributed by atoms with Crippen molar-refractivity contribution in [2.24, 2.45) is 5.73 Å². The molecule has 6 heteroatoms. The standard InChI is InChI=1S/C11H16N2O4/c1-16-11(15)8-5-9(17-7-8)6-13-4-2-3-10(12)14/h5,7,13H,2-4,6H2,1H3,(H2,12,14). The number of hydrogen-bond acceptors (Lipinski definition) is 5. The fourth-order valence-electron chi connectivity index (χ4n) is 1.30. The van der Waals surface area contributed by atoms with Gasteiger partial charge >= 0.3 is 5.97 Å². The van der Waals surface area contributed by atoms with Gasteiger partial charge in [-0.25, -0.2) is 4.79 Å². The Labute approximate surface area is 99.1 Å². The van der Waals surface area contributed by atoms with Crippen molar-refractivity contribution in [2.45, 2.75) is 19.4 Å². The average Bonchev–Trinajstić information content (AvgIpc) is 2.76. The predicted octanol–water partition coefficient (Wildman–Crippen LogP) is 0.421. The molecule has 0 radical (unpaired) electrons. The van der Waals surface area contributed by atoms with E-state index in [0.717, 1.165) is 0 Å². The molecule has 0 aromatic carbocycles. The molecule has 1 aromatic heterocycles. The fourth-order valence-corrected chi connectivity index (χ4v) is 1.30.